The van der Waals surface area contributed by atoms with E-state index in [0.717, 1.165) is 0 Å². The quantitative estimate of drug-likeness (QED) is 0.266. The van der Waals surface area contributed by atoms with Crippen molar-refractivity contribution in [3.8, 4) is 11.5 Å². The maximum Gasteiger partial charge on any atom is 0.333 e. The summed E-state index contributed by atoms with van der Waals surface area (Å²) >= 11 is 0. The molecule has 1 aromatic rings. The van der Waals surface area contributed by atoms with Gasteiger partial charge in [0.05, 0.1) is 19.8 Å². The molecule has 0 radical (unpaired) electrons. The summed E-state index contributed by atoms with van der Waals surface area (Å²) < 4.78 is 26.7. The van der Waals surface area contributed by atoms with Crippen LogP contribution in [0.1, 0.15) is 6.42 Å². The van der Waals surface area contributed by atoms with Gasteiger partial charge >= 0.3 is 5.97 Å². The normalized spacial score (nSPS) is 38.5. The van der Waals surface area contributed by atoms with Crippen molar-refractivity contribution in [2.45, 2.75) is 61.7 Å². The van der Waals surface area contributed by atoms with Crippen molar-refractivity contribution in [3.05, 3.63) is 24.3 Å². The van der Waals surface area contributed by atoms with E-state index in [-0.39, 0.29) is 12.2 Å². The first-order valence-electron chi connectivity index (χ1n) is 9.58. The number of benzene rings is 1. The van der Waals surface area contributed by atoms with Crippen molar-refractivity contribution >= 4 is 5.97 Å². The molecule has 2 saturated heterocycles. The molecule has 12 heteroatoms. The molecular weight excluding hydrogens is 420 g/mol. The fourth-order valence-electron chi connectivity index (χ4n) is 3.36. The first kappa shape index (κ1) is 23.6. The zero-order valence-electron chi connectivity index (χ0n) is 16.6. The zero-order valence-corrected chi connectivity index (χ0v) is 16.6. The van der Waals surface area contributed by atoms with Gasteiger partial charge in [-0.3, -0.25) is 0 Å². The zero-order chi connectivity index (χ0) is 22.7. The third-order valence-electron chi connectivity index (χ3n) is 5.13. The number of aliphatic hydroxyl groups excluding tert-OH is 5. The summed E-state index contributed by atoms with van der Waals surface area (Å²) in [6, 6.07) is 6.31. The predicted molar refractivity (Wildman–Crippen MR) is 99.2 cm³/mol. The van der Waals surface area contributed by atoms with E-state index in [1.807, 2.05) is 0 Å². The van der Waals surface area contributed by atoms with Crippen LogP contribution in [0.25, 0.3) is 0 Å². The molecule has 6 N–H and O–H groups in total. The Hall–Kier alpha value is -2.03. The van der Waals surface area contributed by atoms with Crippen LogP contribution in [-0.4, -0.2) is 106 Å². The lowest BCUT2D eigenvalue weighted by atomic mass is 9.98. The van der Waals surface area contributed by atoms with Gasteiger partial charge in [-0.25, -0.2) is 4.79 Å². The average Bonchev–Trinajstić information content (AvgIpc) is 2.76. The molecule has 9 unspecified atom stereocenters. The standard InChI is InChI=1S/C19H26O12/c1-27-8-2-4-9(5-3-8)28-19-15(24)16(14(23)12(7-20)30-19)31-18-13(22)10(21)6-11(29-18)17(25)26/h2-5,10-16,18-24H,6-7H2,1H3,(H,25,26). The lowest BCUT2D eigenvalue weighted by Gasteiger charge is -2.44. The third kappa shape index (κ3) is 5.25. The number of carboxylic acids is 1. The predicted octanol–water partition coefficient (Wildman–Crippen LogP) is -2.18. The number of carbonyl (C=O) groups is 1. The Balaban J connectivity index is 1.76. The topological polar surface area (TPSA) is 185 Å². The van der Waals surface area contributed by atoms with Crippen molar-refractivity contribution in [2.24, 2.45) is 0 Å². The van der Waals surface area contributed by atoms with Gasteiger partial charge in [-0.2, -0.15) is 0 Å². The highest BCUT2D eigenvalue weighted by atomic mass is 16.7. The summed E-state index contributed by atoms with van der Waals surface area (Å²) in [6.45, 7) is -0.648. The molecule has 2 aliphatic rings. The lowest BCUT2D eigenvalue weighted by Crippen LogP contribution is -2.63. The summed E-state index contributed by atoms with van der Waals surface area (Å²) in [7, 11) is 1.49. The number of hydrogen-bond donors (Lipinski definition) is 6. The van der Waals surface area contributed by atoms with E-state index in [1.54, 1.807) is 24.3 Å². The average molecular weight is 446 g/mol. The van der Waals surface area contributed by atoms with E-state index in [2.05, 4.69) is 0 Å². The summed E-state index contributed by atoms with van der Waals surface area (Å²) in [4.78, 5) is 11.2. The van der Waals surface area contributed by atoms with Crippen LogP contribution in [0.15, 0.2) is 24.3 Å². The van der Waals surface area contributed by atoms with Gasteiger partial charge in [0.1, 0.15) is 42.0 Å². The van der Waals surface area contributed by atoms with Crippen LogP contribution < -0.4 is 9.47 Å². The molecule has 31 heavy (non-hydrogen) atoms. The number of aliphatic carboxylic acids is 1. The summed E-state index contributed by atoms with van der Waals surface area (Å²) in [5.41, 5.74) is 0. The first-order valence-corrected chi connectivity index (χ1v) is 9.58. The van der Waals surface area contributed by atoms with Crippen LogP contribution >= 0.6 is 0 Å². The smallest absolute Gasteiger partial charge is 0.333 e. The van der Waals surface area contributed by atoms with Crippen LogP contribution in [-0.2, 0) is 19.0 Å². The summed E-state index contributed by atoms with van der Waals surface area (Å²) in [5, 5.41) is 59.9. The molecule has 0 aliphatic carbocycles. The molecule has 0 saturated carbocycles. The molecule has 174 valence electrons. The Kier molecular flexibility index (Phi) is 7.67. The van der Waals surface area contributed by atoms with Crippen molar-refractivity contribution in [3.63, 3.8) is 0 Å². The molecule has 2 heterocycles. The molecule has 12 nitrogen and oxygen atoms in total. The number of aliphatic hydroxyl groups is 5. The van der Waals surface area contributed by atoms with Crippen LogP contribution in [0.2, 0.25) is 0 Å². The second kappa shape index (κ2) is 10.1. The molecule has 2 aliphatic heterocycles. The van der Waals surface area contributed by atoms with E-state index in [4.69, 9.17) is 28.8 Å². The van der Waals surface area contributed by atoms with E-state index < -0.39 is 67.9 Å². The van der Waals surface area contributed by atoms with Gasteiger partial charge in [0.2, 0.25) is 6.29 Å². The fourth-order valence-corrected chi connectivity index (χ4v) is 3.36. The van der Waals surface area contributed by atoms with Crippen LogP contribution in [0.3, 0.4) is 0 Å². The Labute approximate surface area is 177 Å². The Morgan fingerprint density at radius 3 is 2.23 bits per heavy atom. The number of carboxylic acid groups (broad SMARTS) is 1. The van der Waals surface area contributed by atoms with Crippen molar-refractivity contribution < 1.29 is 59.1 Å². The van der Waals surface area contributed by atoms with E-state index >= 15 is 0 Å². The number of hydrogen-bond acceptors (Lipinski definition) is 11. The van der Waals surface area contributed by atoms with Crippen molar-refractivity contribution in [1.82, 2.24) is 0 Å². The van der Waals surface area contributed by atoms with Crippen LogP contribution in [0.4, 0.5) is 0 Å². The molecule has 0 spiro atoms. The highest BCUT2D eigenvalue weighted by Gasteiger charge is 2.50. The monoisotopic (exact) mass is 446 g/mol. The Morgan fingerprint density at radius 2 is 1.65 bits per heavy atom. The van der Waals surface area contributed by atoms with Crippen LogP contribution in [0, 0.1) is 0 Å². The second-order valence-electron chi connectivity index (χ2n) is 7.23. The van der Waals surface area contributed by atoms with Gasteiger partial charge in [0, 0.05) is 6.42 Å². The molecule has 3 rings (SSSR count). The minimum atomic E-state index is -1.67. The van der Waals surface area contributed by atoms with Crippen molar-refractivity contribution in [2.75, 3.05) is 13.7 Å². The molecule has 0 bridgehead atoms. The van der Waals surface area contributed by atoms with Crippen LogP contribution in [0.5, 0.6) is 11.5 Å². The minimum Gasteiger partial charge on any atom is -0.497 e. The van der Waals surface area contributed by atoms with E-state index in [9.17, 15) is 30.3 Å². The van der Waals surface area contributed by atoms with Crippen molar-refractivity contribution in [1.29, 1.82) is 0 Å². The maximum absolute atomic E-state index is 11.2. The summed E-state index contributed by atoms with van der Waals surface area (Å²) in [6.07, 6.45) is -13.9. The number of methoxy groups -OCH3 is 1. The number of ether oxygens (including phenoxy) is 5. The van der Waals surface area contributed by atoms with Gasteiger partial charge in [-0.05, 0) is 24.3 Å². The van der Waals surface area contributed by atoms with Gasteiger partial charge in [0.25, 0.3) is 0 Å². The highest BCUT2D eigenvalue weighted by Crippen LogP contribution is 2.30. The maximum atomic E-state index is 11.2. The second-order valence-corrected chi connectivity index (χ2v) is 7.23. The Morgan fingerprint density at radius 1 is 1.00 bits per heavy atom. The Bertz CT molecular complexity index is 727. The fraction of sp³-hybridized carbons (Fsp3) is 0.632. The van der Waals surface area contributed by atoms with E-state index in [0.29, 0.717) is 5.75 Å². The molecule has 0 amide bonds. The molecule has 2 fully saturated rings. The summed E-state index contributed by atoms with van der Waals surface area (Å²) in [5.74, 6) is -0.522. The van der Waals surface area contributed by atoms with Gasteiger partial charge in [-0.1, -0.05) is 0 Å². The van der Waals surface area contributed by atoms with Gasteiger partial charge in [-0.15, -0.1) is 0 Å². The third-order valence-corrected chi connectivity index (χ3v) is 5.13. The van der Waals surface area contributed by atoms with Gasteiger partial charge in [0.15, 0.2) is 12.4 Å². The van der Waals surface area contributed by atoms with Gasteiger partial charge < -0.3 is 54.3 Å². The largest absolute Gasteiger partial charge is 0.497 e. The minimum absolute atomic E-state index is 0.284. The SMILES string of the molecule is COc1ccc(OC2OC(CO)C(O)C(OC3OC(C(=O)O)CC(O)C3O)C2O)cc1. The molecule has 1 aromatic carbocycles. The molecule has 9 atom stereocenters. The lowest BCUT2D eigenvalue weighted by molar-refractivity contribution is -0.338. The highest BCUT2D eigenvalue weighted by molar-refractivity contribution is 5.72. The van der Waals surface area contributed by atoms with E-state index in [1.165, 1.54) is 7.11 Å². The number of rotatable bonds is 7. The molecule has 0 aromatic heterocycles. The molecular formula is C19H26O12. The first-order chi connectivity index (χ1) is 14.7.